The van der Waals surface area contributed by atoms with E-state index in [1.807, 2.05) is 71.4 Å². The van der Waals surface area contributed by atoms with E-state index in [0.29, 0.717) is 71.9 Å². The molecule has 3 aromatic carbocycles. The van der Waals surface area contributed by atoms with Gasteiger partial charge in [0.1, 0.15) is 29.5 Å². The van der Waals surface area contributed by atoms with E-state index in [1.165, 1.54) is 17.2 Å². The molecule has 1 fully saturated rings. The topological polar surface area (TPSA) is 127 Å². The van der Waals surface area contributed by atoms with Crippen LogP contribution in [0.2, 0.25) is 0 Å². The molecule has 7 aromatic rings. The maximum absolute atomic E-state index is 15.6. The zero-order valence-electron chi connectivity index (χ0n) is 28.2. The van der Waals surface area contributed by atoms with E-state index in [9.17, 15) is 0 Å². The Morgan fingerprint density at radius 3 is 2.62 bits per heavy atom. The van der Waals surface area contributed by atoms with Crippen molar-refractivity contribution in [3.63, 3.8) is 0 Å². The second-order valence-electron chi connectivity index (χ2n) is 12.9. The van der Waals surface area contributed by atoms with Gasteiger partial charge in [0.2, 0.25) is 0 Å². The number of rotatable bonds is 10. The Kier molecular flexibility index (Phi) is 8.39. The van der Waals surface area contributed by atoms with Gasteiger partial charge >= 0.3 is 0 Å². The molecule has 0 spiro atoms. The van der Waals surface area contributed by atoms with Gasteiger partial charge in [0, 0.05) is 48.5 Å². The summed E-state index contributed by atoms with van der Waals surface area (Å²) in [5.41, 5.74) is 14.0. The van der Waals surface area contributed by atoms with Crippen LogP contribution in [0.5, 0.6) is 5.75 Å². The summed E-state index contributed by atoms with van der Waals surface area (Å²) in [7, 11) is 0. The highest BCUT2D eigenvalue weighted by atomic mass is 19.1. The second-order valence-corrected chi connectivity index (χ2v) is 12.9. The molecule has 0 saturated carbocycles. The third-order valence-electron chi connectivity index (χ3n) is 9.60. The molecule has 0 bridgehead atoms. The molecule has 1 aliphatic heterocycles. The maximum atomic E-state index is 15.6. The standard InChI is InChI=1S/C40H35FN8O3/c41-32-22-35(52-24-25-6-2-1-3-7-25)31(40-50-18-19-51-40)21-27(32)23-44-33-12-9-26-20-28(10-11-29(26)33)49-38(30-8-4-15-43-37(30)42)46-34-13-14-36(47-39(34)49)48-17-5-16-45-48/h1-8,10-11,13-17,20-22,33,40,44H,9,12,18-19,23-24H2,(H2,42,43)/t33-/m0/s1. The lowest BCUT2D eigenvalue weighted by Crippen LogP contribution is -2.20. The van der Waals surface area contributed by atoms with E-state index >= 15 is 4.39 Å². The van der Waals surface area contributed by atoms with Gasteiger partial charge in [0.05, 0.1) is 24.3 Å². The number of nitrogens with two attached hydrogens (primary N) is 1. The monoisotopic (exact) mass is 694 g/mol. The molecule has 9 rings (SSSR count). The van der Waals surface area contributed by atoms with Crippen LogP contribution in [0.15, 0.2) is 110 Å². The summed E-state index contributed by atoms with van der Waals surface area (Å²) in [6.07, 6.45) is 6.36. The highest BCUT2D eigenvalue weighted by Gasteiger charge is 2.27. The highest BCUT2D eigenvalue weighted by molar-refractivity contribution is 5.83. The van der Waals surface area contributed by atoms with Crippen LogP contribution in [0, 0.1) is 5.82 Å². The number of nitrogen functional groups attached to an aromatic ring is 1. The van der Waals surface area contributed by atoms with E-state index < -0.39 is 6.29 Å². The van der Waals surface area contributed by atoms with Crippen molar-refractivity contribution in [1.29, 1.82) is 0 Å². The van der Waals surface area contributed by atoms with Gasteiger partial charge in [-0.3, -0.25) is 4.57 Å². The molecular weight excluding hydrogens is 659 g/mol. The first-order valence-electron chi connectivity index (χ1n) is 17.3. The number of fused-ring (bicyclic) bond motifs is 2. The third-order valence-corrected chi connectivity index (χ3v) is 9.60. The molecule has 1 atom stereocenters. The summed E-state index contributed by atoms with van der Waals surface area (Å²) in [5.74, 6) is 1.78. The summed E-state index contributed by atoms with van der Waals surface area (Å²) in [6, 6.07) is 28.9. The fourth-order valence-electron chi connectivity index (χ4n) is 7.04. The van der Waals surface area contributed by atoms with E-state index in [1.54, 1.807) is 23.1 Å². The largest absolute Gasteiger partial charge is 0.488 e. The van der Waals surface area contributed by atoms with Crippen molar-refractivity contribution in [2.75, 3.05) is 18.9 Å². The summed E-state index contributed by atoms with van der Waals surface area (Å²) >= 11 is 0. The molecule has 0 radical (unpaired) electrons. The molecule has 2 aliphatic rings. The highest BCUT2D eigenvalue weighted by Crippen LogP contribution is 2.38. The van der Waals surface area contributed by atoms with Crippen LogP contribution in [0.1, 0.15) is 46.6 Å². The lowest BCUT2D eigenvalue weighted by atomic mass is 10.1. The molecular formula is C40H35FN8O3. The van der Waals surface area contributed by atoms with Crippen LogP contribution < -0.4 is 15.8 Å². The minimum absolute atomic E-state index is 0.0393. The fourth-order valence-corrected chi connectivity index (χ4v) is 7.04. The second kappa shape index (κ2) is 13.6. The lowest BCUT2D eigenvalue weighted by molar-refractivity contribution is -0.0459. The van der Waals surface area contributed by atoms with Gasteiger partial charge in [0.15, 0.2) is 23.6 Å². The molecule has 260 valence electrons. The minimum atomic E-state index is -0.605. The molecule has 0 unspecified atom stereocenters. The Balaban J connectivity index is 1.00. The van der Waals surface area contributed by atoms with Crippen LogP contribution in [0.25, 0.3) is 34.1 Å². The first-order chi connectivity index (χ1) is 25.6. The zero-order valence-corrected chi connectivity index (χ0v) is 28.2. The van der Waals surface area contributed by atoms with E-state index in [2.05, 4.69) is 33.6 Å². The van der Waals surface area contributed by atoms with Crippen molar-refractivity contribution in [3.05, 3.63) is 143 Å². The molecule has 3 N–H and O–H groups in total. The maximum Gasteiger partial charge on any atom is 0.187 e. The quantitative estimate of drug-likeness (QED) is 0.159. The van der Waals surface area contributed by atoms with Crippen molar-refractivity contribution in [2.45, 2.75) is 38.3 Å². The minimum Gasteiger partial charge on any atom is -0.488 e. The number of ether oxygens (including phenoxy) is 3. The van der Waals surface area contributed by atoms with Crippen molar-refractivity contribution in [3.8, 4) is 28.6 Å². The predicted octanol–water partition coefficient (Wildman–Crippen LogP) is 6.79. The number of hydrogen-bond acceptors (Lipinski definition) is 9. The lowest BCUT2D eigenvalue weighted by Gasteiger charge is -2.19. The van der Waals surface area contributed by atoms with Gasteiger partial charge in [-0.15, -0.1) is 0 Å². The summed E-state index contributed by atoms with van der Waals surface area (Å²) in [5, 5.41) is 7.98. The fraction of sp³-hybridized carbons (Fsp3) is 0.200. The molecule has 52 heavy (non-hydrogen) atoms. The van der Waals surface area contributed by atoms with E-state index in [0.717, 1.165) is 29.6 Å². The number of nitrogens with zero attached hydrogens (tertiary/aromatic N) is 6. The van der Waals surface area contributed by atoms with Crippen LogP contribution in [0.3, 0.4) is 0 Å². The van der Waals surface area contributed by atoms with Gasteiger partial charge in [0.25, 0.3) is 0 Å². The van der Waals surface area contributed by atoms with Gasteiger partial charge in [-0.2, -0.15) is 5.10 Å². The molecule has 1 saturated heterocycles. The van der Waals surface area contributed by atoms with E-state index in [-0.39, 0.29) is 11.9 Å². The number of pyridine rings is 2. The summed E-state index contributed by atoms with van der Waals surface area (Å²) in [4.78, 5) is 14.3. The molecule has 1 aliphatic carbocycles. The van der Waals surface area contributed by atoms with Gasteiger partial charge < -0.3 is 25.3 Å². The number of hydrogen-bond donors (Lipinski definition) is 2. The predicted molar refractivity (Wildman–Crippen MR) is 193 cm³/mol. The van der Waals surface area contributed by atoms with Crippen LogP contribution in [0.4, 0.5) is 10.2 Å². The van der Waals surface area contributed by atoms with Gasteiger partial charge in [-0.05, 0) is 78.1 Å². The average Bonchev–Trinajstić information content (AvgIpc) is 4.01. The van der Waals surface area contributed by atoms with Crippen molar-refractivity contribution < 1.29 is 18.6 Å². The van der Waals surface area contributed by atoms with Crippen molar-refractivity contribution in [1.82, 2.24) is 34.6 Å². The molecule has 4 aromatic heterocycles. The number of halogens is 1. The molecule has 11 nitrogen and oxygen atoms in total. The van der Waals surface area contributed by atoms with Crippen LogP contribution in [-0.4, -0.2) is 42.5 Å². The Morgan fingerprint density at radius 1 is 0.904 bits per heavy atom. The normalized spacial score (nSPS) is 15.8. The summed E-state index contributed by atoms with van der Waals surface area (Å²) in [6.45, 7) is 1.59. The molecule has 0 amide bonds. The number of anilines is 1. The van der Waals surface area contributed by atoms with Crippen LogP contribution >= 0.6 is 0 Å². The number of benzene rings is 3. The Morgan fingerprint density at radius 2 is 1.79 bits per heavy atom. The van der Waals surface area contributed by atoms with E-state index in [4.69, 9.17) is 29.9 Å². The van der Waals surface area contributed by atoms with Crippen molar-refractivity contribution >= 4 is 17.0 Å². The Bertz CT molecular complexity index is 2370. The number of aromatic nitrogens is 6. The molecule has 5 heterocycles. The first-order valence-corrected chi connectivity index (χ1v) is 17.3. The summed E-state index contributed by atoms with van der Waals surface area (Å²) < 4.78 is 37.1. The van der Waals surface area contributed by atoms with Gasteiger partial charge in [-0.1, -0.05) is 36.4 Å². The molecule has 12 heteroatoms. The number of aryl methyl sites for hydroxylation is 1. The Labute approximate surface area is 298 Å². The van der Waals surface area contributed by atoms with Crippen LogP contribution in [-0.2, 0) is 29.0 Å². The number of nitrogens with one attached hydrogen (secondary N) is 1. The zero-order chi connectivity index (χ0) is 35.0. The first kappa shape index (κ1) is 32.0. The SMILES string of the molecule is Nc1ncccc1-c1nc2ccc(-n3cccn3)nc2n1-c1ccc2c(c1)CC[C@@H]2NCc1cc(C2OCCO2)c(OCc2ccccc2)cc1F. The smallest absolute Gasteiger partial charge is 0.187 e. The Hall–Kier alpha value is -5.95. The van der Waals surface area contributed by atoms with Gasteiger partial charge in [-0.25, -0.2) is 24.0 Å². The van der Waals surface area contributed by atoms with Crippen molar-refractivity contribution in [2.24, 2.45) is 0 Å². The third kappa shape index (κ3) is 6.06. The average molecular weight is 695 g/mol. The number of imidazole rings is 1.